The Morgan fingerprint density at radius 2 is 2.04 bits per heavy atom. The molecule has 0 fully saturated rings. The number of benzene rings is 2. The van der Waals surface area contributed by atoms with E-state index in [-0.39, 0.29) is 5.82 Å². The SMILES string of the molecule is COc1ccc(/C=C2\CCCN=C2c2ccc3ncccc3c2)c(F)c1. The van der Waals surface area contributed by atoms with Crippen molar-refractivity contribution in [3.05, 3.63) is 77.2 Å². The fourth-order valence-corrected chi connectivity index (χ4v) is 3.26. The number of aromatic nitrogens is 1. The molecule has 0 radical (unpaired) electrons. The van der Waals surface area contributed by atoms with Crippen LogP contribution in [0.5, 0.6) is 5.75 Å². The zero-order chi connectivity index (χ0) is 17.9. The van der Waals surface area contributed by atoms with Gasteiger partial charge in [0.2, 0.25) is 0 Å². The summed E-state index contributed by atoms with van der Waals surface area (Å²) in [5.74, 6) is 0.230. The molecule has 26 heavy (non-hydrogen) atoms. The Morgan fingerprint density at radius 3 is 2.88 bits per heavy atom. The van der Waals surface area contributed by atoms with Crippen LogP contribution in [-0.4, -0.2) is 24.4 Å². The maximum Gasteiger partial charge on any atom is 0.134 e. The van der Waals surface area contributed by atoms with Gasteiger partial charge in [0.15, 0.2) is 0 Å². The van der Waals surface area contributed by atoms with Crippen LogP contribution >= 0.6 is 0 Å². The van der Waals surface area contributed by atoms with Crippen LogP contribution in [0.2, 0.25) is 0 Å². The number of allylic oxidation sites excluding steroid dienone is 1. The second-order valence-electron chi connectivity index (χ2n) is 6.30. The van der Waals surface area contributed by atoms with Gasteiger partial charge in [-0.2, -0.15) is 0 Å². The summed E-state index contributed by atoms with van der Waals surface area (Å²) in [5.41, 5.74) is 4.56. The standard InChI is InChI=1S/C22H19FN2O/c1-26-19-8-6-15(20(23)14-19)12-17-5-3-11-25-22(17)18-7-9-21-16(13-18)4-2-10-24-21/h2,4,6-10,12-14H,3,5,11H2,1H3/b17-12+. The van der Waals surface area contributed by atoms with Crippen molar-refractivity contribution in [1.82, 2.24) is 4.98 Å². The van der Waals surface area contributed by atoms with Crippen LogP contribution in [0.15, 0.2) is 65.3 Å². The molecule has 2 heterocycles. The first-order valence-electron chi connectivity index (χ1n) is 8.69. The number of aliphatic imine (C=N–C) groups is 1. The number of pyridine rings is 1. The van der Waals surface area contributed by atoms with E-state index in [1.165, 1.54) is 13.2 Å². The van der Waals surface area contributed by atoms with Crippen LogP contribution in [0, 0.1) is 5.82 Å². The summed E-state index contributed by atoms with van der Waals surface area (Å²) >= 11 is 0. The lowest BCUT2D eigenvalue weighted by molar-refractivity contribution is 0.411. The Labute approximate surface area is 151 Å². The van der Waals surface area contributed by atoms with Crippen molar-refractivity contribution in [3.8, 4) is 5.75 Å². The Hall–Kier alpha value is -3.01. The first kappa shape index (κ1) is 16.5. The van der Waals surface area contributed by atoms with Gasteiger partial charge in [-0.15, -0.1) is 0 Å². The molecule has 4 rings (SSSR count). The minimum absolute atomic E-state index is 0.288. The molecule has 1 aromatic heterocycles. The third kappa shape index (κ3) is 3.23. The summed E-state index contributed by atoms with van der Waals surface area (Å²) in [6.07, 6.45) is 5.55. The van der Waals surface area contributed by atoms with E-state index in [9.17, 15) is 4.39 Å². The summed E-state index contributed by atoms with van der Waals surface area (Å²) in [4.78, 5) is 9.09. The summed E-state index contributed by atoms with van der Waals surface area (Å²) in [7, 11) is 1.54. The number of methoxy groups -OCH3 is 1. The van der Waals surface area contributed by atoms with Gasteiger partial charge in [-0.25, -0.2) is 4.39 Å². The molecular weight excluding hydrogens is 327 g/mol. The second-order valence-corrected chi connectivity index (χ2v) is 6.30. The van der Waals surface area contributed by atoms with E-state index in [1.54, 1.807) is 18.3 Å². The summed E-state index contributed by atoms with van der Waals surface area (Å²) in [6, 6.07) is 15.1. The van der Waals surface area contributed by atoms with Crippen molar-refractivity contribution < 1.29 is 9.13 Å². The van der Waals surface area contributed by atoms with E-state index >= 15 is 0 Å². The smallest absolute Gasteiger partial charge is 0.134 e. The Morgan fingerprint density at radius 1 is 1.12 bits per heavy atom. The quantitative estimate of drug-likeness (QED) is 0.665. The highest BCUT2D eigenvalue weighted by Gasteiger charge is 2.15. The molecular formula is C22H19FN2O. The van der Waals surface area contributed by atoms with Gasteiger partial charge in [0, 0.05) is 35.3 Å². The zero-order valence-electron chi connectivity index (χ0n) is 14.6. The van der Waals surface area contributed by atoms with Gasteiger partial charge in [-0.05, 0) is 54.8 Å². The molecule has 0 bridgehead atoms. The van der Waals surface area contributed by atoms with E-state index in [1.807, 2.05) is 30.3 Å². The minimum atomic E-state index is -0.288. The maximum absolute atomic E-state index is 14.4. The largest absolute Gasteiger partial charge is 0.497 e. The lowest BCUT2D eigenvalue weighted by Gasteiger charge is -2.17. The van der Waals surface area contributed by atoms with Crippen LogP contribution in [0.4, 0.5) is 4.39 Å². The third-order valence-corrected chi connectivity index (χ3v) is 4.59. The van der Waals surface area contributed by atoms with Crippen LogP contribution in [0.25, 0.3) is 17.0 Å². The lowest BCUT2D eigenvalue weighted by Crippen LogP contribution is -2.12. The first-order valence-corrected chi connectivity index (χ1v) is 8.69. The Balaban J connectivity index is 1.75. The monoisotopic (exact) mass is 346 g/mol. The molecule has 0 spiro atoms. The van der Waals surface area contributed by atoms with Gasteiger partial charge >= 0.3 is 0 Å². The van der Waals surface area contributed by atoms with Crippen molar-refractivity contribution in [3.63, 3.8) is 0 Å². The topological polar surface area (TPSA) is 34.5 Å². The molecule has 0 saturated carbocycles. The molecule has 3 aromatic rings. The number of nitrogens with zero attached hydrogens (tertiary/aromatic N) is 2. The fourth-order valence-electron chi connectivity index (χ4n) is 3.26. The predicted molar refractivity (Wildman–Crippen MR) is 103 cm³/mol. The van der Waals surface area contributed by atoms with Crippen LogP contribution in [0.3, 0.4) is 0 Å². The van der Waals surface area contributed by atoms with Gasteiger partial charge in [0.25, 0.3) is 0 Å². The van der Waals surface area contributed by atoms with Gasteiger partial charge in [-0.1, -0.05) is 12.1 Å². The molecule has 0 amide bonds. The van der Waals surface area contributed by atoms with Gasteiger partial charge in [0.05, 0.1) is 18.3 Å². The van der Waals surface area contributed by atoms with Crippen LogP contribution in [-0.2, 0) is 0 Å². The summed E-state index contributed by atoms with van der Waals surface area (Å²) in [5, 5.41) is 1.08. The molecule has 2 aromatic carbocycles. The number of fused-ring (bicyclic) bond motifs is 1. The molecule has 130 valence electrons. The average molecular weight is 346 g/mol. The summed E-state index contributed by atoms with van der Waals surface area (Å²) < 4.78 is 19.4. The lowest BCUT2D eigenvalue weighted by atomic mass is 9.93. The molecule has 1 aliphatic heterocycles. The minimum Gasteiger partial charge on any atom is -0.497 e. The van der Waals surface area contributed by atoms with Crippen molar-refractivity contribution in [2.45, 2.75) is 12.8 Å². The first-order chi connectivity index (χ1) is 12.7. The normalized spacial score (nSPS) is 15.9. The predicted octanol–water partition coefficient (Wildman–Crippen LogP) is 5.05. The number of ether oxygens (including phenoxy) is 1. The fraction of sp³-hybridized carbons (Fsp3) is 0.182. The van der Waals surface area contributed by atoms with Gasteiger partial charge < -0.3 is 4.74 Å². The molecule has 0 aliphatic carbocycles. The van der Waals surface area contributed by atoms with E-state index in [4.69, 9.17) is 9.73 Å². The zero-order valence-corrected chi connectivity index (χ0v) is 14.6. The molecule has 0 atom stereocenters. The molecule has 0 saturated heterocycles. The molecule has 3 nitrogen and oxygen atoms in total. The highest BCUT2D eigenvalue weighted by molar-refractivity contribution is 6.16. The van der Waals surface area contributed by atoms with Gasteiger partial charge in [-0.3, -0.25) is 9.98 Å². The van der Waals surface area contributed by atoms with Crippen LogP contribution in [0.1, 0.15) is 24.0 Å². The van der Waals surface area contributed by atoms with Crippen molar-refractivity contribution in [2.75, 3.05) is 13.7 Å². The highest BCUT2D eigenvalue weighted by Crippen LogP contribution is 2.26. The van der Waals surface area contributed by atoms with Crippen molar-refractivity contribution >= 4 is 22.7 Å². The second kappa shape index (κ2) is 7.08. The van der Waals surface area contributed by atoms with E-state index in [2.05, 4.69) is 11.1 Å². The number of hydrogen-bond donors (Lipinski definition) is 0. The number of hydrogen-bond acceptors (Lipinski definition) is 3. The average Bonchev–Trinajstić information content (AvgIpc) is 2.69. The van der Waals surface area contributed by atoms with E-state index < -0.39 is 0 Å². The van der Waals surface area contributed by atoms with Gasteiger partial charge in [0.1, 0.15) is 11.6 Å². The summed E-state index contributed by atoms with van der Waals surface area (Å²) in [6.45, 7) is 0.794. The van der Waals surface area contributed by atoms with E-state index in [0.29, 0.717) is 11.3 Å². The number of rotatable bonds is 3. The van der Waals surface area contributed by atoms with Crippen molar-refractivity contribution in [2.24, 2.45) is 4.99 Å². The maximum atomic E-state index is 14.4. The Kier molecular flexibility index (Phi) is 4.48. The highest BCUT2D eigenvalue weighted by atomic mass is 19.1. The van der Waals surface area contributed by atoms with E-state index in [0.717, 1.165) is 47.1 Å². The molecule has 0 N–H and O–H groups in total. The molecule has 4 heteroatoms. The van der Waals surface area contributed by atoms with Crippen molar-refractivity contribution in [1.29, 1.82) is 0 Å². The molecule has 0 unspecified atom stereocenters. The third-order valence-electron chi connectivity index (χ3n) is 4.59. The number of halogens is 1. The Bertz CT molecular complexity index is 1020. The molecule has 1 aliphatic rings. The van der Waals surface area contributed by atoms with Crippen LogP contribution < -0.4 is 4.74 Å².